The molecule has 0 saturated heterocycles. The van der Waals surface area contributed by atoms with Crippen molar-refractivity contribution < 1.29 is 0 Å². The van der Waals surface area contributed by atoms with Crippen molar-refractivity contribution in [2.45, 2.75) is 12.8 Å². The van der Waals surface area contributed by atoms with Crippen LogP contribution in [0.15, 0.2) is 36.9 Å². The summed E-state index contributed by atoms with van der Waals surface area (Å²) in [6.45, 7) is 0. The summed E-state index contributed by atoms with van der Waals surface area (Å²) >= 11 is 0. The molecule has 0 radical (unpaired) electrons. The molecule has 0 unspecified atom stereocenters. The summed E-state index contributed by atoms with van der Waals surface area (Å²) in [4.78, 5) is 23.8. The number of fused-ring (bicyclic) bond motifs is 2. The number of aryl methyl sites for hydroxylation is 2. The van der Waals surface area contributed by atoms with Crippen molar-refractivity contribution in [1.82, 2.24) is 29.9 Å². The summed E-state index contributed by atoms with van der Waals surface area (Å²) in [7, 11) is 0. The predicted molar refractivity (Wildman–Crippen MR) is 75.2 cm³/mol. The van der Waals surface area contributed by atoms with Gasteiger partial charge in [0.1, 0.15) is 11.6 Å². The van der Waals surface area contributed by atoms with Crippen LogP contribution < -0.4 is 0 Å². The number of aromatic amines is 2. The van der Waals surface area contributed by atoms with Crippen LogP contribution in [0.4, 0.5) is 0 Å². The molecule has 4 aromatic heterocycles. The third kappa shape index (κ3) is 1.91. The Labute approximate surface area is 114 Å². The average Bonchev–Trinajstić information content (AvgIpc) is 3.07. The number of nitrogens with one attached hydrogen (secondary N) is 2. The molecule has 98 valence electrons. The van der Waals surface area contributed by atoms with Gasteiger partial charge in [-0.2, -0.15) is 0 Å². The van der Waals surface area contributed by atoms with E-state index in [0.29, 0.717) is 0 Å². The first kappa shape index (κ1) is 11.1. The smallest absolute Gasteiger partial charge is 0.107 e. The Morgan fingerprint density at radius 2 is 1.25 bits per heavy atom. The van der Waals surface area contributed by atoms with E-state index in [2.05, 4.69) is 29.9 Å². The van der Waals surface area contributed by atoms with Crippen molar-refractivity contribution >= 4 is 22.1 Å². The van der Waals surface area contributed by atoms with Crippen LogP contribution in [-0.4, -0.2) is 29.9 Å². The van der Waals surface area contributed by atoms with E-state index in [4.69, 9.17) is 0 Å². The highest BCUT2D eigenvalue weighted by atomic mass is 14.9. The number of H-pyrrole nitrogens is 2. The Morgan fingerprint density at radius 1 is 0.750 bits per heavy atom. The SMILES string of the molecule is c1cc2nc(CCc3nc4ccncc4[nH]3)[nH]c2cn1. The minimum atomic E-state index is 0.807. The molecule has 4 heterocycles. The lowest BCUT2D eigenvalue weighted by Gasteiger charge is -1.93. The minimum Gasteiger partial charge on any atom is -0.341 e. The third-order valence-electron chi connectivity index (χ3n) is 3.26. The van der Waals surface area contributed by atoms with Crippen LogP contribution in [0.2, 0.25) is 0 Å². The molecular formula is C14H12N6. The highest BCUT2D eigenvalue weighted by molar-refractivity contribution is 5.74. The quantitative estimate of drug-likeness (QED) is 0.593. The Balaban J connectivity index is 1.57. The predicted octanol–water partition coefficient (Wildman–Crippen LogP) is 2.01. The Bertz CT molecular complexity index is 735. The lowest BCUT2D eigenvalue weighted by atomic mass is 10.3. The van der Waals surface area contributed by atoms with Gasteiger partial charge in [-0.05, 0) is 12.1 Å². The number of rotatable bonds is 3. The average molecular weight is 264 g/mol. The monoisotopic (exact) mass is 264 g/mol. The highest BCUT2D eigenvalue weighted by Gasteiger charge is 2.06. The Kier molecular flexibility index (Phi) is 2.45. The first-order valence-electron chi connectivity index (χ1n) is 6.46. The second-order valence-electron chi connectivity index (χ2n) is 4.65. The molecule has 0 saturated carbocycles. The molecule has 2 N–H and O–H groups in total. The molecule has 0 aliphatic heterocycles. The van der Waals surface area contributed by atoms with Crippen molar-refractivity contribution in [2.24, 2.45) is 0 Å². The largest absolute Gasteiger partial charge is 0.341 e. The van der Waals surface area contributed by atoms with Gasteiger partial charge in [-0.15, -0.1) is 0 Å². The van der Waals surface area contributed by atoms with Crippen molar-refractivity contribution in [2.75, 3.05) is 0 Å². The van der Waals surface area contributed by atoms with Crippen molar-refractivity contribution in [1.29, 1.82) is 0 Å². The van der Waals surface area contributed by atoms with Gasteiger partial charge in [0.2, 0.25) is 0 Å². The van der Waals surface area contributed by atoms with Gasteiger partial charge >= 0.3 is 0 Å². The topological polar surface area (TPSA) is 83.1 Å². The first-order valence-corrected chi connectivity index (χ1v) is 6.46. The van der Waals surface area contributed by atoms with Crippen LogP contribution in [0, 0.1) is 0 Å². The molecule has 0 atom stereocenters. The van der Waals surface area contributed by atoms with Gasteiger partial charge in [0.25, 0.3) is 0 Å². The number of hydrogen-bond acceptors (Lipinski definition) is 4. The van der Waals surface area contributed by atoms with Gasteiger partial charge < -0.3 is 9.97 Å². The molecule has 6 heteroatoms. The summed E-state index contributed by atoms with van der Waals surface area (Å²) < 4.78 is 0. The normalized spacial score (nSPS) is 11.4. The zero-order valence-electron chi connectivity index (χ0n) is 10.7. The second-order valence-corrected chi connectivity index (χ2v) is 4.65. The Morgan fingerprint density at radius 3 is 1.70 bits per heavy atom. The van der Waals surface area contributed by atoms with Crippen LogP contribution >= 0.6 is 0 Å². The summed E-state index contributed by atoms with van der Waals surface area (Å²) in [6, 6.07) is 3.81. The molecule has 4 aromatic rings. The number of aromatic nitrogens is 6. The maximum atomic E-state index is 4.53. The van der Waals surface area contributed by atoms with Gasteiger partial charge in [0.05, 0.1) is 34.5 Å². The van der Waals surface area contributed by atoms with E-state index in [9.17, 15) is 0 Å². The fourth-order valence-electron chi connectivity index (χ4n) is 2.29. The van der Waals surface area contributed by atoms with Crippen LogP contribution in [0.5, 0.6) is 0 Å². The Hall–Kier alpha value is -2.76. The van der Waals surface area contributed by atoms with Crippen molar-refractivity contribution in [3.05, 3.63) is 48.6 Å². The molecule has 6 nitrogen and oxygen atoms in total. The fourth-order valence-corrected chi connectivity index (χ4v) is 2.29. The van der Waals surface area contributed by atoms with E-state index >= 15 is 0 Å². The van der Waals surface area contributed by atoms with Crippen molar-refractivity contribution in [3.8, 4) is 0 Å². The molecule has 0 spiro atoms. The maximum Gasteiger partial charge on any atom is 0.107 e. The van der Waals surface area contributed by atoms with Crippen LogP contribution in [0.1, 0.15) is 11.6 Å². The molecule has 4 rings (SSSR count). The fraction of sp³-hybridized carbons (Fsp3) is 0.143. The molecule has 0 aliphatic carbocycles. The van der Waals surface area contributed by atoms with E-state index in [1.54, 1.807) is 24.8 Å². The molecule has 0 aliphatic rings. The van der Waals surface area contributed by atoms with Crippen molar-refractivity contribution in [3.63, 3.8) is 0 Å². The van der Waals surface area contributed by atoms with Crippen LogP contribution in [-0.2, 0) is 12.8 Å². The summed E-state index contributed by atoms with van der Waals surface area (Å²) in [5.41, 5.74) is 3.83. The lowest BCUT2D eigenvalue weighted by Crippen LogP contribution is -1.95. The molecule has 0 aromatic carbocycles. The molecular weight excluding hydrogens is 252 g/mol. The number of nitrogens with zero attached hydrogens (tertiary/aromatic N) is 4. The van der Waals surface area contributed by atoms with E-state index in [1.807, 2.05) is 12.1 Å². The van der Waals surface area contributed by atoms with E-state index in [-0.39, 0.29) is 0 Å². The second kappa shape index (κ2) is 4.41. The van der Waals surface area contributed by atoms with Gasteiger partial charge in [-0.1, -0.05) is 0 Å². The van der Waals surface area contributed by atoms with Crippen LogP contribution in [0.25, 0.3) is 22.1 Å². The van der Waals surface area contributed by atoms with E-state index in [0.717, 1.165) is 46.6 Å². The zero-order valence-corrected chi connectivity index (χ0v) is 10.7. The molecule has 0 bridgehead atoms. The first-order chi connectivity index (χ1) is 9.88. The van der Waals surface area contributed by atoms with Gasteiger partial charge in [0, 0.05) is 25.2 Å². The number of pyridine rings is 2. The van der Waals surface area contributed by atoms with Gasteiger partial charge in [-0.25, -0.2) is 9.97 Å². The van der Waals surface area contributed by atoms with Gasteiger partial charge in [0.15, 0.2) is 0 Å². The molecule has 0 fully saturated rings. The lowest BCUT2D eigenvalue weighted by molar-refractivity contribution is 0.844. The van der Waals surface area contributed by atoms with E-state index < -0.39 is 0 Å². The summed E-state index contributed by atoms with van der Waals surface area (Å²) in [6.07, 6.45) is 8.69. The van der Waals surface area contributed by atoms with Gasteiger partial charge in [-0.3, -0.25) is 9.97 Å². The highest BCUT2D eigenvalue weighted by Crippen LogP contribution is 2.12. The summed E-state index contributed by atoms with van der Waals surface area (Å²) in [5.74, 6) is 1.90. The number of hydrogen-bond donors (Lipinski definition) is 2. The molecule has 20 heavy (non-hydrogen) atoms. The minimum absolute atomic E-state index is 0.807. The van der Waals surface area contributed by atoms with E-state index in [1.165, 1.54) is 0 Å². The third-order valence-corrected chi connectivity index (χ3v) is 3.26. The zero-order chi connectivity index (χ0) is 13.4. The maximum absolute atomic E-state index is 4.53. The summed E-state index contributed by atoms with van der Waals surface area (Å²) in [5, 5.41) is 0. The number of imidazole rings is 2. The standard InChI is InChI=1S/C14H12N6/c1(13-17-9-3-5-15-7-11(9)19-13)2-14-18-10-4-6-16-8-12(10)20-14/h3-8H,1-2H2,(H,17,19)(H,18,20). The molecule has 0 amide bonds. The van der Waals surface area contributed by atoms with Crippen LogP contribution in [0.3, 0.4) is 0 Å².